The van der Waals surface area contributed by atoms with Crippen LogP contribution < -0.4 is 0 Å². The summed E-state index contributed by atoms with van der Waals surface area (Å²) in [6.45, 7) is 7.00. The minimum absolute atomic E-state index is 0.249. The molecule has 0 radical (unpaired) electrons. The number of benzene rings is 1. The van der Waals surface area contributed by atoms with Crippen LogP contribution in [0.1, 0.15) is 134 Å². The topological polar surface area (TPSA) is 17.1 Å². The highest BCUT2D eigenvalue weighted by Crippen LogP contribution is 2.42. The van der Waals surface area contributed by atoms with Gasteiger partial charge in [0.15, 0.2) is 5.78 Å². The highest BCUT2D eigenvalue weighted by Gasteiger charge is 2.34. The lowest BCUT2D eigenvalue weighted by Crippen LogP contribution is -2.31. The second-order valence-corrected chi connectivity index (χ2v) is 12.1. The Morgan fingerprint density at radius 2 is 1.44 bits per heavy atom. The largest absolute Gasteiger partial charge is 0.295 e. The minimum atomic E-state index is 0.249. The summed E-state index contributed by atoms with van der Waals surface area (Å²) in [6.07, 6.45) is 22.0. The third-order valence-electron chi connectivity index (χ3n) is 9.94. The smallest absolute Gasteiger partial charge is 0.159 e. The van der Waals surface area contributed by atoms with Gasteiger partial charge in [0.1, 0.15) is 0 Å². The molecule has 1 nitrogen and oxygen atoms in total. The van der Waals surface area contributed by atoms with Crippen LogP contribution in [0.25, 0.3) is 5.57 Å². The molecule has 0 N–H and O–H groups in total. The maximum Gasteiger partial charge on any atom is 0.159 e. The second-order valence-electron chi connectivity index (χ2n) is 12.1. The van der Waals surface area contributed by atoms with Gasteiger partial charge in [-0.25, -0.2) is 0 Å². The molecule has 0 heterocycles. The first-order valence-electron chi connectivity index (χ1n) is 14.9. The lowest BCUT2D eigenvalue weighted by molar-refractivity contribution is -0.121. The van der Waals surface area contributed by atoms with Crippen LogP contribution in [-0.4, -0.2) is 5.78 Å². The normalized spacial score (nSPS) is 31.2. The van der Waals surface area contributed by atoms with E-state index in [-0.39, 0.29) is 5.92 Å². The van der Waals surface area contributed by atoms with Gasteiger partial charge in [0.05, 0.1) is 0 Å². The number of hydrogen-bond acceptors (Lipinski definition) is 1. The molecule has 0 aliphatic heterocycles. The first-order valence-corrected chi connectivity index (χ1v) is 14.9. The highest BCUT2D eigenvalue weighted by molar-refractivity contribution is 6.00. The summed E-state index contributed by atoms with van der Waals surface area (Å²) >= 11 is 0. The second kappa shape index (κ2) is 12.5. The molecular formula is C33H50O. The van der Waals surface area contributed by atoms with E-state index in [2.05, 4.69) is 45.0 Å². The standard InChI is InChI=1S/C33H50O/c1-4-6-8-26-9-13-27(14-10-26)24(3)32-22-21-31(23-33(32)34)30-19-17-29(18-20-30)28-15-11-25(7-5-2)12-16-28/h17-20,23-28,32H,4-16,21-22H2,1-3H3/t24?,25-,26-,27-,28-,32?. The molecule has 2 saturated carbocycles. The van der Waals surface area contributed by atoms with Crippen LogP contribution in [0.4, 0.5) is 0 Å². The third kappa shape index (κ3) is 6.44. The van der Waals surface area contributed by atoms with Crippen molar-refractivity contribution in [3.63, 3.8) is 0 Å². The molecule has 34 heavy (non-hydrogen) atoms. The molecule has 2 unspecified atom stereocenters. The van der Waals surface area contributed by atoms with Crippen LogP contribution in [0, 0.1) is 29.6 Å². The van der Waals surface area contributed by atoms with Crippen LogP contribution in [-0.2, 0) is 4.79 Å². The van der Waals surface area contributed by atoms with Gasteiger partial charge in [-0.2, -0.15) is 0 Å². The maximum absolute atomic E-state index is 13.2. The van der Waals surface area contributed by atoms with Crippen molar-refractivity contribution in [2.24, 2.45) is 29.6 Å². The third-order valence-corrected chi connectivity index (χ3v) is 9.94. The average molecular weight is 463 g/mol. The Labute approximate surface area is 210 Å². The predicted octanol–water partition coefficient (Wildman–Crippen LogP) is 9.76. The minimum Gasteiger partial charge on any atom is -0.295 e. The lowest BCUT2D eigenvalue weighted by Gasteiger charge is -2.36. The molecule has 0 amide bonds. The van der Waals surface area contributed by atoms with Gasteiger partial charge >= 0.3 is 0 Å². The molecule has 188 valence electrons. The zero-order chi connectivity index (χ0) is 23.9. The van der Waals surface area contributed by atoms with Crippen molar-refractivity contribution in [3.8, 4) is 0 Å². The zero-order valence-corrected chi connectivity index (χ0v) is 22.4. The quantitative estimate of drug-likeness (QED) is 0.357. The molecular weight excluding hydrogens is 412 g/mol. The molecule has 1 aromatic carbocycles. The van der Waals surface area contributed by atoms with E-state index in [0.717, 1.165) is 36.5 Å². The number of ketones is 1. The van der Waals surface area contributed by atoms with Gasteiger partial charge in [0, 0.05) is 5.92 Å². The number of carbonyl (C=O) groups excluding carboxylic acids is 1. The fourth-order valence-corrected chi connectivity index (χ4v) is 7.54. The maximum atomic E-state index is 13.2. The molecule has 0 spiro atoms. The number of rotatable bonds is 9. The monoisotopic (exact) mass is 462 g/mol. The van der Waals surface area contributed by atoms with Gasteiger partial charge in [0.25, 0.3) is 0 Å². The Hall–Kier alpha value is -1.37. The molecule has 1 heteroatoms. The van der Waals surface area contributed by atoms with Crippen molar-refractivity contribution in [1.82, 2.24) is 0 Å². The summed E-state index contributed by atoms with van der Waals surface area (Å²) in [7, 11) is 0. The van der Waals surface area contributed by atoms with E-state index in [1.807, 2.05) is 6.08 Å². The van der Waals surface area contributed by atoms with E-state index >= 15 is 0 Å². The molecule has 3 aliphatic rings. The number of hydrogen-bond donors (Lipinski definition) is 0. The molecule has 2 atom stereocenters. The molecule has 3 aliphatic carbocycles. The van der Waals surface area contributed by atoms with Gasteiger partial charge in [-0.05, 0) is 104 Å². The molecule has 1 aromatic rings. The van der Waals surface area contributed by atoms with Crippen molar-refractivity contribution in [3.05, 3.63) is 41.5 Å². The summed E-state index contributed by atoms with van der Waals surface area (Å²) in [5.74, 6) is 4.61. The van der Waals surface area contributed by atoms with Gasteiger partial charge in [0.2, 0.25) is 0 Å². The Balaban J connectivity index is 1.30. The van der Waals surface area contributed by atoms with Crippen LogP contribution in [0.15, 0.2) is 30.3 Å². The average Bonchev–Trinajstić information content (AvgIpc) is 2.88. The van der Waals surface area contributed by atoms with E-state index in [0.29, 0.717) is 11.7 Å². The van der Waals surface area contributed by atoms with Crippen LogP contribution >= 0.6 is 0 Å². The van der Waals surface area contributed by atoms with Crippen LogP contribution in [0.5, 0.6) is 0 Å². The summed E-state index contributed by atoms with van der Waals surface area (Å²) in [6, 6.07) is 9.32. The van der Waals surface area contributed by atoms with Gasteiger partial charge in [-0.15, -0.1) is 0 Å². The summed E-state index contributed by atoms with van der Waals surface area (Å²) in [4.78, 5) is 13.2. The van der Waals surface area contributed by atoms with Gasteiger partial charge in [-0.3, -0.25) is 4.79 Å². The van der Waals surface area contributed by atoms with E-state index in [1.165, 1.54) is 100 Å². The highest BCUT2D eigenvalue weighted by atomic mass is 16.1. The number of allylic oxidation sites excluding steroid dienone is 2. The van der Waals surface area contributed by atoms with Crippen molar-refractivity contribution in [1.29, 1.82) is 0 Å². The Morgan fingerprint density at radius 3 is 2.06 bits per heavy atom. The van der Waals surface area contributed by atoms with E-state index < -0.39 is 0 Å². The van der Waals surface area contributed by atoms with E-state index in [1.54, 1.807) is 0 Å². The van der Waals surface area contributed by atoms with Crippen molar-refractivity contribution in [2.75, 3.05) is 0 Å². The Kier molecular flexibility index (Phi) is 9.49. The van der Waals surface area contributed by atoms with Crippen LogP contribution in [0.2, 0.25) is 0 Å². The summed E-state index contributed by atoms with van der Waals surface area (Å²) in [5.41, 5.74) is 4.07. The fraction of sp³-hybridized carbons (Fsp3) is 0.727. The van der Waals surface area contributed by atoms with Gasteiger partial charge in [-0.1, -0.05) is 90.0 Å². The number of unbranched alkanes of at least 4 members (excludes halogenated alkanes) is 1. The van der Waals surface area contributed by atoms with E-state index in [4.69, 9.17) is 0 Å². The first-order chi connectivity index (χ1) is 16.6. The number of carbonyl (C=O) groups is 1. The van der Waals surface area contributed by atoms with Crippen molar-refractivity contribution >= 4 is 11.4 Å². The molecule has 0 bridgehead atoms. The lowest BCUT2D eigenvalue weighted by atomic mass is 9.68. The zero-order valence-electron chi connectivity index (χ0n) is 22.4. The predicted molar refractivity (Wildman–Crippen MR) is 146 cm³/mol. The van der Waals surface area contributed by atoms with E-state index in [9.17, 15) is 4.79 Å². The Morgan fingerprint density at radius 1 is 0.794 bits per heavy atom. The molecule has 0 aromatic heterocycles. The molecule has 2 fully saturated rings. The Bertz CT molecular complexity index is 786. The molecule has 0 saturated heterocycles. The first kappa shape index (κ1) is 25.7. The van der Waals surface area contributed by atoms with Crippen LogP contribution in [0.3, 0.4) is 0 Å². The summed E-state index contributed by atoms with van der Waals surface area (Å²) < 4.78 is 0. The summed E-state index contributed by atoms with van der Waals surface area (Å²) in [5, 5.41) is 0. The van der Waals surface area contributed by atoms with Crippen molar-refractivity contribution < 1.29 is 4.79 Å². The fourth-order valence-electron chi connectivity index (χ4n) is 7.54. The molecule has 4 rings (SSSR count). The van der Waals surface area contributed by atoms with Crippen molar-refractivity contribution in [2.45, 2.75) is 123 Å². The van der Waals surface area contributed by atoms with Gasteiger partial charge < -0.3 is 0 Å². The SMILES string of the molecule is CCCC[C@H]1CC[C@H](C(C)C2CCC(c3ccc([C@H]4CC[C@H](CCC)CC4)cc3)=CC2=O)CC1.